The van der Waals surface area contributed by atoms with E-state index in [2.05, 4.69) is 10.6 Å². The molecule has 0 aromatic heterocycles. The van der Waals surface area contributed by atoms with E-state index >= 15 is 0 Å². The van der Waals surface area contributed by atoms with Crippen LogP contribution in [-0.4, -0.2) is 59.8 Å². The van der Waals surface area contributed by atoms with E-state index in [1.165, 1.54) is 0 Å². The Morgan fingerprint density at radius 2 is 1.86 bits per heavy atom. The SMILES string of the molecule is Cc1ccc(C(=O)N2CCSCC2)cc1NC(=O)CNC(=O)[C@@H](N)C(C)C.Cl. The second kappa shape index (κ2) is 11.3. The zero-order valence-electron chi connectivity index (χ0n) is 16.5. The van der Waals surface area contributed by atoms with E-state index in [1.807, 2.05) is 43.5 Å². The van der Waals surface area contributed by atoms with Crippen LogP contribution in [0.1, 0.15) is 29.8 Å². The van der Waals surface area contributed by atoms with Gasteiger partial charge in [0.25, 0.3) is 5.91 Å². The molecule has 0 bridgehead atoms. The number of thioether (sulfide) groups is 1. The number of nitrogens with one attached hydrogen (secondary N) is 2. The second-order valence-corrected chi connectivity index (χ2v) is 8.19. The Labute approximate surface area is 176 Å². The minimum Gasteiger partial charge on any atom is -0.346 e. The third kappa shape index (κ3) is 6.68. The predicted octanol–water partition coefficient (Wildman–Crippen LogP) is 1.64. The molecule has 156 valence electrons. The molecule has 1 aromatic rings. The number of amides is 3. The summed E-state index contributed by atoms with van der Waals surface area (Å²) in [4.78, 5) is 38.5. The molecule has 1 aromatic carbocycles. The number of benzene rings is 1. The van der Waals surface area contributed by atoms with Gasteiger partial charge in [0.15, 0.2) is 0 Å². The Kier molecular flexibility index (Phi) is 9.78. The summed E-state index contributed by atoms with van der Waals surface area (Å²) in [5, 5.41) is 5.30. The first-order chi connectivity index (χ1) is 12.8. The quantitative estimate of drug-likeness (QED) is 0.639. The number of nitrogens with two attached hydrogens (primary N) is 1. The predicted molar refractivity (Wildman–Crippen MR) is 116 cm³/mol. The molecule has 4 N–H and O–H groups in total. The number of aryl methyl sites for hydroxylation is 1. The fraction of sp³-hybridized carbons (Fsp3) is 0.526. The summed E-state index contributed by atoms with van der Waals surface area (Å²) in [6.07, 6.45) is 0. The van der Waals surface area contributed by atoms with Gasteiger partial charge in [0.05, 0.1) is 12.6 Å². The van der Waals surface area contributed by atoms with Crippen LogP contribution < -0.4 is 16.4 Å². The van der Waals surface area contributed by atoms with E-state index in [9.17, 15) is 14.4 Å². The molecule has 0 radical (unpaired) electrons. The van der Waals surface area contributed by atoms with Gasteiger partial charge in [-0.3, -0.25) is 14.4 Å². The average Bonchev–Trinajstić information content (AvgIpc) is 2.67. The van der Waals surface area contributed by atoms with Crippen molar-refractivity contribution in [2.24, 2.45) is 11.7 Å². The van der Waals surface area contributed by atoms with Gasteiger partial charge in [-0.15, -0.1) is 12.4 Å². The van der Waals surface area contributed by atoms with Crippen LogP contribution in [0.5, 0.6) is 0 Å². The van der Waals surface area contributed by atoms with Crippen molar-refractivity contribution in [1.82, 2.24) is 10.2 Å². The molecule has 7 nitrogen and oxygen atoms in total. The van der Waals surface area contributed by atoms with Gasteiger partial charge >= 0.3 is 0 Å². The van der Waals surface area contributed by atoms with Crippen LogP contribution >= 0.6 is 24.2 Å². The van der Waals surface area contributed by atoms with Crippen molar-refractivity contribution in [1.29, 1.82) is 0 Å². The lowest BCUT2D eigenvalue weighted by atomic mass is 10.1. The maximum atomic E-state index is 12.6. The van der Waals surface area contributed by atoms with Gasteiger partial charge in [0, 0.05) is 35.8 Å². The molecule has 9 heteroatoms. The highest BCUT2D eigenvalue weighted by atomic mass is 35.5. The summed E-state index contributed by atoms with van der Waals surface area (Å²) >= 11 is 1.84. The summed E-state index contributed by atoms with van der Waals surface area (Å²) < 4.78 is 0. The van der Waals surface area contributed by atoms with Crippen molar-refractivity contribution in [2.45, 2.75) is 26.8 Å². The maximum Gasteiger partial charge on any atom is 0.253 e. The zero-order chi connectivity index (χ0) is 20.0. The van der Waals surface area contributed by atoms with Gasteiger partial charge < -0.3 is 21.3 Å². The largest absolute Gasteiger partial charge is 0.346 e. The van der Waals surface area contributed by atoms with Gasteiger partial charge in [-0.2, -0.15) is 11.8 Å². The summed E-state index contributed by atoms with van der Waals surface area (Å²) in [6.45, 7) is 6.85. The number of hydrogen-bond donors (Lipinski definition) is 3. The van der Waals surface area contributed by atoms with Crippen molar-refractivity contribution in [3.63, 3.8) is 0 Å². The standard InChI is InChI=1S/C19H28N4O3S.ClH/c1-12(2)17(20)18(25)21-11-16(24)22-15-10-14(5-4-13(15)3)19(26)23-6-8-27-9-7-23;/h4-5,10,12,17H,6-9,11,20H2,1-3H3,(H,21,25)(H,22,24);1H/t17-;/m0./s1. The van der Waals surface area contributed by atoms with E-state index in [-0.39, 0.29) is 42.6 Å². The first-order valence-corrected chi connectivity index (χ1v) is 10.3. The van der Waals surface area contributed by atoms with Gasteiger partial charge in [0.2, 0.25) is 11.8 Å². The molecule has 1 fully saturated rings. The van der Waals surface area contributed by atoms with Crippen LogP contribution in [0, 0.1) is 12.8 Å². The first-order valence-electron chi connectivity index (χ1n) is 9.10. The van der Waals surface area contributed by atoms with E-state index in [0.29, 0.717) is 11.3 Å². The van der Waals surface area contributed by atoms with Crippen LogP contribution in [0.3, 0.4) is 0 Å². The molecule has 0 spiro atoms. The summed E-state index contributed by atoms with van der Waals surface area (Å²) in [5.41, 5.74) is 7.72. The van der Waals surface area contributed by atoms with E-state index < -0.39 is 6.04 Å². The van der Waals surface area contributed by atoms with Crippen LogP contribution in [-0.2, 0) is 9.59 Å². The van der Waals surface area contributed by atoms with Crippen LogP contribution in [0.15, 0.2) is 18.2 Å². The van der Waals surface area contributed by atoms with Crippen LogP contribution in [0.2, 0.25) is 0 Å². The van der Waals surface area contributed by atoms with Gasteiger partial charge in [-0.25, -0.2) is 0 Å². The second-order valence-electron chi connectivity index (χ2n) is 6.97. The van der Waals surface area contributed by atoms with E-state index in [4.69, 9.17) is 5.73 Å². The maximum absolute atomic E-state index is 12.6. The molecule has 28 heavy (non-hydrogen) atoms. The van der Waals surface area contributed by atoms with E-state index in [0.717, 1.165) is 30.2 Å². The number of rotatable bonds is 6. The summed E-state index contributed by atoms with van der Waals surface area (Å²) in [5.74, 6) is 1.14. The molecule has 0 unspecified atom stereocenters. The molecule has 0 saturated carbocycles. The summed E-state index contributed by atoms with van der Waals surface area (Å²) in [7, 11) is 0. The number of nitrogens with zero attached hydrogens (tertiary/aromatic N) is 1. The van der Waals surface area contributed by atoms with Crippen LogP contribution in [0.25, 0.3) is 0 Å². The minimum atomic E-state index is -0.650. The van der Waals surface area contributed by atoms with Crippen molar-refractivity contribution in [3.8, 4) is 0 Å². The first kappa shape index (κ1) is 24.3. The van der Waals surface area contributed by atoms with Crippen molar-refractivity contribution in [3.05, 3.63) is 29.3 Å². The highest BCUT2D eigenvalue weighted by Gasteiger charge is 2.20. The molecule has 1 atom stereocenters. The molecule has 3 amide bonds. The molecule has 2 rings (SSSR count). The zero-order valence-corrected chi connectivity index (χ0v) is 18.1. The number of halogens is 1. The third-order valence-electron chi connectivity index (χ3n) is 4.50. The smallest absolute Gasteiger partial charge is 0.253 e. The molecular formula is C19H29ClN4O3S. The normalized spacial score (nSPS) is 14.8. The Bertz CT molecular complexity index is 708. The molecule has 0 aliphatic carbocycles. The minimum absolute atomic E-state index is 0. The summed E-state index contributed by atoms with van der Waals surface area (Å²) in [6, 6.07) is 4.63. The highest BCUT2D eigenvalue weighted by Crippen LogP contribution is 2.19. The van der Waals surface area contributed by atoms with Crippen LogP contribution in [0.4, 0.5) is 5.69 Å². The Balaban J connectivity index is 0.00000392. The number of carbonyl (C=O) groups is 3. The topological polar surface area (TPSA) is 105 Å². The molecule has 1 aliphatic rings. The fourth-order valence-electron chi connectivity index (χ4n) is 2.62. The lowest BCUT2D eigenvalue weighted by molar-refractivity contribution is -0.125. The number of anilines is 1. The fourth-order valence-corrected chi connectivity index (χ4v) is 3.52. The monoisotopic (exact) mass is 428 g/mol. The van der Waals surface area contributed by atoms with Crippen molar-refractivity contribution >= 4 is 47.6 Å². The van der Waals surface area contributed by atoms with Gasteiger partial charge in [0.1, 0.15) is 0 Å². The average molecular weight is 429 g/mol. The van der Waals surface area contributed by atoms with Crippen molar-refractivity contribution < 1.29 is 14.4 Å². The lowest BCUT2D eigenvalue weighted by Crippen LogP contribution is -2.46. The van der Waals surface area contributed by atoms with Gasteiger partial charge in [-0.05, 0) is 30.5 Å². The van der Waals surface area contributed by atoms with E-state index in [1.54, 1.807) is 12.1 Å². The Morgan fingerprint density at radius 3 is 2.46 bits per heavy atom. The molecule has 1 saturated heterocycles. The lowest BCUT2D eigenvalue weighted by Gasteiger charge is -2.26. The highest BCUT2D eigenvalue weighted by molar-refractivity contribution is 7.99. The van der Waals surface area contributed by atoms with Gasteiger partial charge in [-0.1, -0.05) is 19.9 Å². The third-order valence-corrected chi connectivity index (χ3v) is 5.44. The van der Waals surface area contributed by atoms with Crippen molar-refractivity contribution in [2.75, 3.05) is 36.5 Å². The molecular weight excluding hydrogens is 400 g/mol. The molecule has 1 heterocycles. The Hall–Kier alpha value is -1.77. The number of hydrogen-bond acceptors (Lipinski definition) is 5. The Morgan fingerprint density at radius 1 is 1.21 bits per heavy atom. The number of carbonyl (C=O) groups excluding carboxylic acids is 3. The molecule has 1 aliphatic heterocycles.